The fourth-order valence-corrected chi connectivity index (χ4v) is 2.43. The van der Waals surface area contributed by atoms with Gasteiger partial charge in [0.1, 0.15) is 5.25 Å². The van der Waals surface area contributed by atoms with Gasteiger partial charge in [-0.25, -0.2) is 0 Å². The molecule has 7 heteroatoms. The number of ether oxygens (including phenoxy) is 1. The van der Waals surface area contributed by atoms with Gasteiger partial charge in [-0.15, -0.1) is 0 Å². The first-order valence-corrected chi connectivity index (χ1v) is 7.43. The van der Waals surface area contributed by atoms with Crippen LogP contribution in [0.1, 0.15) is 6.92 Å². The van der Waals surface area contributed by atoms with Crippen LogP contribution in [-0.4, -0.2) is 34.8 Å². The third-order valence-electron chi connectivity index (χ3n) is 2.52. The van der Waals surface area contributed by atoms with Gasteiger partial charge >= 0.3 is 0 Å². The molecule has 5 nitrogen and oxygen atoms in total. The third kappa shape index (κ3) is 4.81. The summed E-state index contributed by atoms with van der Waals surface area (Å²) in [4.78, 5) is 11.9. The minimum atomic E-state index is -1.27. The maximum absolute atomic E-state index is 11.9. The van der Waals surface area contributed by atoms with Gasteiger partial charge in [0.2, 0.25) is 5.91 Å². The molecule has 1 amide bonds. The van der Waals surface area contributed by atoms with Crippen molar-refractivity contribution in [1.29, 1.82) is 0 Å². The van der Waals surface area contributed by atoms with Crippen molar-refractivity contribution < 1.29 is 13.7 Å². The summed E-state index contributed by atoms with van der Waals surface area (Å²) in [6.07, 6.45) is 0. The van der Waals surface area contributed by atoms with E-state index in [9.17, 15) is 9.00 Å². The molecule has 0 aromatic heterocycles. The number of nitrogens with one attached hydrogen (secondary N) is 1. The Morgan fingerprint density at radius 3 is 2.84 bits per heavy atom. The predicted octanol–water partition coefficient (Wildman–Crippen LogP) is 1.64. The van der Waals surface area contributed by atoms with Crippen LogP contribution in [0.2, 0.25) is 5.02 Å². The second kappa shape index (κ2) is 7.47. The maximum atomic E-state index is 11.9. The zero-order valence-electron chi connectivity index (χ0n) is 10.8. The number of methoxy groups -OCH3 is 1. The van der Waals surface area contributed by atoms with Crippen LogP contribution in [0.4, 0.5) is 11.4 Å². The molecular weight excluding hydrogens is 288 g/mol. The lowest BCUT2D eigenvalue weighted by molar-refractivity contribution is -0.115. The van der Waals surface area contributed by atoms with E-state index in [0.717, 1.165) is 0 Å². The van der Waals surface area contributed by atoms with Gasteiger partial charge in [0.05, 0.1) is 17.3 Å². The topological polar surface area (TPSA) is 81.4 Å². The normalized spacial score (nSPS) is 13.8. The number of amides is 1. The molecule has 0 aliphatic rings. The molecule has 0 heterocycles. The zero-order valence-corrected chi connectivity index (χ0v) is 12.4. The largest absolute Gasteiger partial charge is 0.397 e. The number of benzene rings is 1. The van der Waals surface area contributed by atoms with E-state index in [1.807, 2.05) is 0 Å². The highest BCUT2D eigenvalue weighted by Gasteiger charge is 2.19. The number of hydrogen-bond donors (Lipinski definition) is 2. The Morgan fingerprint density at radius 2 is 2.26 bits per heavy atom. The lowest BCUT2D eigenvalue weighted by atomic mass is 10.2. The Kier molecular flexibility index (Phi) is 6.27. The Morgan fingerprint density at radius 1 is 1.58 bits per heavy atom. The molecule has 0 aliphatic carbocycles. The summed E-state index contributed by atoms with van der Waals surface area (Å²) in [6, 6.07) is 4.80. The molecular formula is C12H17ClN2O3S. The van der Waals surface area contributed by atoms with Crippen LogP contribution < -0.4 is 11.1 Å². The SMILES string of the molecule is COCCS(=O)C(C)C(=O)Nc1ccc(Cl)c(N)c1. The molecule has 2 atom stereocenters. The molecule has 106 valence electrons. The molecule has 3 N–H and O–H groups in total. The molecule has 1 aromatic carbocycles. The minimum absolute atomic E-state index is 0.323. The molecule has 0 fully saturated rings. The van der Waals surface area contributed by atoms with Gasteiger partial charge in [-0.1, -0.05) is 11.6 Å². The zero-order chi connectivity index (χ0) is 14.4. The van der Waals surface area contributed by atoms with Gasteiger partial charge in [-0.3, -0.25) is 9.00 Å². The smallest absolute Gasteiger partial charge is 0.239 e. The number of nitrogens with two attached hydrogens (primary N) is 1. The second-order valence-electron chi connectivity index (χ2n) is 3.95. The van der Waals surface area contributed by atoms with Crippen molar-refractivity contribution in [3.05, 3.63) is 23.2 Å². The van der Waals surface area contributed by atoms with E-state index in [1.54, 1.807) is 25.1 Å². The van der Waals surface area contributed by atoms with E-state index >= 15 is 0 Å². The molecule has 0 bridgehead atoms. The Labute approximate surface area is 119 Å². The van der Waals surface area contributed by atoms with Crippen LogP contribution in [0.25, 0.3) is 0 Å². The van der Waals surface area contributed by atoms with Crippen LogP contribution in [0, 0.1) is 0 Å². The number of carbonyl (C=O) groups excluding carboxylic acids is 1. The van der Waals surface area contributed by atoms with Crippen molar-refractivity contribution in [2.24, 2.45) is 0 Å². The van der Waals surface area contributed by atoms with Crippen molar-refractivity contribution in [2.75, 3.05) is 30.5 Å². The molecule has 1 aromatic rings. The van der Waals surface area contributed by atoms with Gasteiger partial charge in [0.15, 0.2) is 0 Å². The number of carbonyl (C=O) groups is 1. The van der Waals surface area contributed by atoms with E-state index in [1.165, 1.54) is 7.11 Å². The van der Waals surface area contributed by atoms with Crippen LogP contribution >= 0.6 is 11.6 Å². The van der Waals surface area contributed by atoms with Crippen LogP contribution in [0.5, 0.6) is 0 Å². The van der Waals surface area contributed by atoms with Crippen molar-refractivity contribution in [1.82, 2.24) is 0 Å². The van der Waals surface area contributed by atoms with E-state index in [-0.39, 0.29) is 5.91 Å². The molecule has 0 saturated carbocycles. The molecule has 0 aliphatic heterocycles. The number of rotatable bonds is 6. The molecule has 1 rings (SSSR count). The summed E-state index contributed by atoms with van der Waals surface area (Å²) in [5.74, 6) is 0.00422. The summed E-state index contributed by atoms with van der Waals surface area (Å²) in [6.45, 7) is 1.97. The van der Waals surface area contributed by atoms with Crippen molar-refractivity contribution in [3.8, 4) is 0 Å². The van der Waals surface area contributed by atoms with Gasteiger partial charge in [0.25, 0.3) is 0 Å². The van der Waals surface area contributed by atoms with Crippen molar-refractivity contribution in [3.63, 3.8) is 0 Å². The lowest BCUT2D eigenvalue weighted by Gasteiger charge is -2.12. The highest BCUT2D eigenvalue weighted by Crippen LogP contribution is 2.22. The molecule has 2 unspecified atom stereocenters. The Balaban J connectivity index is 2.63. The standard InChI is InChI=1S/C12H17ClN2O3S/c1-8(19(17)6-5-18-2)12(16)15-9-3-4-10(13)11(14)7-9/h3-4,7-8H,5-6,14H2,1-2H3,(H,15,16). The average molecular weight is 305 g/mol. The van der Waals surface area contributed by atoms with Crippen LogP contribution in [0.3, 0.4) is 0 Å². The molecule has 0 saturated heterocycles. The van der Waals surface area contributed by atoms with Crippen molar-refractivity contribution >= 4 is 39.7 Å². The first kappa shape index (κ1) is 15.9. The first-order chi connectivity index (χ1) is 8.95. The van der Waals surface area contributed by atoms with Gasteiger partial charge in [0, 0.05) is 29.3 Å². The van der Waals surface area contributed by atoms with Gasteiger partial charge in [-0.05, 0) is 25.1 Å². The molecule has 19 heavy (non-hydrogen) atoms. The quantitative estimate of drug-likeness (QED) is 0.783. The summed E-state index contributed by atoms with van der Waals surface area (Å²) in [7, 11) is 0.254. The predicted molar refractivity (Wildman–Crippen MR) is 78.8 cm³/mol. The van der Waals surface area contributed by atoms with Crippen LogP contribution in [0.15, 0.2) is 18.2 Å². The minimum Gasteiger partial charge on any atom is -0.397 e. The number of hydrogen-bond acceptors (Lipinski definition) is 4. The highest BCUT2D eigenvalue weighted by molar-refractivity contribution is 7.86. The van der Waals surface area contributed by atoms with Gasteiger partial charge < -0.3 is 15.8 Å². The lowest BCUT2D eigenvalue weighted by Crippen LogP contribution is -2.31. The summed E-state index contributed by atoms with van der Waals surface area (Å²) < 4.78 is 16.6. The molecule has 0 spiro atoms. The monoisotopic (exact) mass is 304 g/mol. The summed E-state index contributed by atoms with van der Waals surface area (Å²) in [5.41, 5.74) is 6.55. The number of anilines is 2. The van der Waals surface area contributed by atoms with E-state index in [0.29, 0.717) is 28.8 Å². The Bertz CT molecular complexity index is 482. The van der Waals surface area contributed by atoms with Crippen molar-refractivity contribution in [2.45, 2.75) is 12.2 Å². The summed E-state index contributed by atoms with van der Waals surface area (Å²) in [5, 5.41) is 2.46. The average Bonchev–Trinajstić information content (AvgIpc) is 2.39. The highest BCUT2D eigenvalue weighted by atomic mass is 35.5. The number of halogens is 1. The second-order valence-corrected chi connectivity index (χ2v) is 6.23. The fourth-order valence-electron chi connectivity index (χ4n) is 1.33. The first-order valence-electron chi connectivity index (χ1n) is 5.67. The number of nitrogen functional groups attached to an aromatic ring is 1. The van der Waals surface area contributed by atoms with Crippen LogP contribution in [-0.2, 0) is 20.3 Å². The summed E-state index contributed by atoms with van der Waals surface area (Å²) >= 11 is 5.79. The fraction of sp³-hybridized carbons (Fsp3) is 0.417. The third-order valence-corrected chi connectivity index (χ3v) is 4.43. The molecule has 0 radical (unpaired) electrons. The van der Waals surface area contributed by atoms with E-state index in [4.69, 9.17) is 22.1 Å². The van der Waals surface area contributed by atoms with E-state index < -0.39 is 16.0 Å². The Hall–Kier alpha value is -1.11. The van der Waals surface area contributed by atoms with E-state index in [2.05, 4.69) is 5.32 Å². The van der Waals surface area contributed by atoms with Gasteiger partial charge in [-0.2, -0.15) is 0 Å². The maximum Gasteiger partial charge on any atom is 0.239 e.